The molecule has 0 aliphatic heterocycles. The fourth-order valence-corrected chi connectivity index (χ4v) is 3.26. The van der Waals surface area contributed by atoms with Gasteiger partial charge in [-0.1, -0.05) is 42.1 Å². The van der Waals surface area contributed by atoms with Crippen LogP contribution in [-0.2, 0) is 4.79 Å². The van der Waals surface area contributed by atoms with Crippen molar-refractivity contribution in [2.75, 3.05) is 11.1 Å². The number of thiazole rings is 1. The fourth-order valence-electron chi connectivity index (χ4n) is 1.80. The first-order valence-corrected chi connectivity index (χ1v) is 8.54. The van der Waals surface area contributed by atoms with Gasteiger partial charge in [0.15, 0.2) is 5.13 Å². The van der Waals surface area contributed by atoms with E-state index in [-0.39, 0.29) is 17.1 Å². The van der Waals surface area contributed by atoms with E-state index in [2.05, 4.69) is 25.5 Å². The molecule has 0 aliphatic rings. The lowest BCUT2D eigenvalue weighted by atomic mass is 10.2. The number of carbonyl (C=O) groups is 1. The van der Waals surface area contributed by atoms with E-state index in [1.807, 2.05) is 35.7 Å². The topological polar surface area (TPSA) is 110 Å². The zero-order chi connectivity index (χ0) is 16.2. The predicted molar refractivity (Wildman–Crippen MR) is 92.3 cm³/mol. The molecule has 1 atom stereocenters. The number of amides is 1. The van der Waals surface area contributed by atoms with Crippen LogP contribution in [0.4, 0.5) is 11.1 Å². The summed E-state index contributed by atoms with van der Waals surface area (Å²) in [5, 5.41) is 11.8. The molecule has 1 aromatic carbocycles. The molecule has 9 heteroatoms. The first-order chi connectivity index (χ1) is 11.1. The SMILES string of the molecule is C[C@@H](Sc1n[nH]c(N)n1)C(=O)Nc1nc(-c2ccccc2)cs1. The van der Waals surface area contributed by atoms with Crippen molar-refractivity contribution in [2.24, 2.45) is 0 Å². The molecule has 118 valence electrons. The average molecular weight is 346 g/mol. The van der Waals surface area contributed by atoms with Gasteiger partial charge in [0.1, 0.15) is 0 Å². The summed E-state index contributed by atoms with van der Waals surface area (Å²) in [7, 11) is 0. The summed E-state index contributed by atoms with van der Waals surface area (Å²) >= 11 is 2.62. The van der Waals surface area contributed by atoms with E-state index in [1.165, 1.54) is 23.1 Å². The molecule has 0 unspecified atom stereocenters. The van der Waals surface area contributed by atoms with Crippen LogP contribution in [0.5, 0.6) is 0 Å². The Labute approximate surface area is 140 Å². The Balaban J connectivity index is 1.63. The minimum absolute atomic E-state index is 0.160. The summed E-state index contributed by atoms with van der Waals surface area (Å²) < 4.78 is 0. The number of aromatic nitrogens is 4. The number of carbonyl (C=O) groups excluding carboxylic acids is 1. The quantitative estimate of drug-likeness (QED) is 0.613. The second-order valence-corrected chi connectivity index (χ2v) is 6.82. The third kappa shape index (κ3) is 3.88. The molecular weight excluding hydrogens is 332 g/mol. The molecule has 2 aromatic heterocycles. The number of benzene rings is 1. The number of nitrogens with zero attached hydrogens (tertiary/aromatic N) is 3. The molecule has 2 heterocycles. The highest BCUT2D eigenvalue weighted by atomic mass is 32.2. The van der Waals surface area contributed by atoms with Gasteiger partial charge in [0.2, 0.25) is 17.0 Å². The zero-order valence-corrected chi connectivity index (χ0v) is 13.8. The van der Waals surface area contributed by atoms with E-state index >= 15 is 0 Å². The minimum atomic E-state index is -0.366. The number of nitrogen functional groups attached to an aromatic ring is 1. The van der Waals surface area contributed by atoms with Crippen LogP contribution in [0.15, 0.2) is 40.9 Å². The molecule has 0 aliphatic carbocycles. The molecule has 0 saturated heterocycles. The van der Waals surface area contributed by atoms with Crippen molar-refractivity contribution < 1.29 is 4.79 Å². The molecule has 0 bridgehead atoms. The van der Waals surface area contributed by atoms with Crippen LogP contribution in [0.25, 0.3) is 11.3 Å². The van der Waals surface area contributed by atoms with Crippen LogP contribution < -0.4 is 11.1 Å². The number of thioether (sulfide) groups is 1. The van der Waals surface area contributed by atoms with Gasteiger partial charge in [-0.2, -0.15) is 4.98 Å². The van der Waals surface area contributed by atoms with Crippen molar-refractivity contribution in [1.82, 2.24) is 20.2 Å². The van der Waals surface area contributed by atoms with E-state index in [0.717, 1.165) is 11.3 Å². The molecule has 4 N–H and O–H groups in total. The maximum atomic E-state index is 12.2. The smallest absolute Gasteiger partial charge is 0.239 e. The predicted octanol–water partition coefficient (Wildman–Crippen LogP) is 2.63. The monoisotopic (exact) mass is 346 g/mol. The Morgan fingerprint density at radius 3 is 2.83 bits per heavy atom. The molecule has 23 heavy (non-hydrogen) atoms. The largest absolute Gasteiger partial charge is 0.368 e. The van der Waals surface area contributed by atoms with Gasteiger partial charge in [0, 0.05) is 10.9 Å². The zero-order valence-electron chi connectivity index (χ0n) is 12.2. The number of rotatable bonds is 5. The maximum Gasteiger partial charge on any atom is 0.239 e. The van der Waals surface area contributed by atoms with E-state index in [4.69, 9.17) is 5.73 Å². The molecule has 3 rings (SSSR count). The number of hydrogen-bond acceptors (Lipinski definition) is 7. The Morgan fingerprint density at radius 2 is 2.13 bits per heavy atom. The first-order valence-electron chi connectivity index (χ1n) is 6.78. The van der Waals surface area contributed by atoms with Crippen LogP contribution in [0.2, 0.25) is 0 Å². The Morgan fingerprint density at radius 1 is 1.35 bits per heavy atom. The number of nitrogens with one attached hydrogen (secondary N) is 2. The van der Waals surface area contributed by atoms with Crippen LogP contribution in [0, 0.1) is 0 Å². The number of anilines is 2. The van der Waals surface area contributed by atoms with Gasteiger partial charge in [-0.05, 0) is 6.92 Å². The van der Waals surface area contributed by atoms with Crippen molar-refractivity contribution in [3.8, 4) is 11.3 Å². The van der Waals surface area contributed by atoms with Crippen LogP contribution in [0.3, 0.4) is 0 Å². The number of aromatic amines is 1. The van der Waals surface area contributed by atoms with Crippen LogP contribution >= 0.6 is 23.1 Å². The summed E-state index contributed by atoms with van der Waals surface area (Å²) in [6, 6.07) is 9.81. The maximum absolute atomic E-state index is 12.2. The van der Waals surface area contributed by atoms with Gasteiger partial charge in [0.05, 0.1) is 10.9 Å². The van der Waals surface area contributed by atoms with Crippen molar-refractivity contribution in [3.63, 3.8) is 0 Å². The van der Waals surface area contributed by atoms with Crippen molar-refractivity contribution in [3.05, 3.63) is 35.7 Å². The van der Waals surface area contributed by atoms with E-state index in [0.29, 0.717) is 10.3 Å². The molecule has 0 radical (unpaired) electrons. The first kappa shape index (κ1) is 15.5. The highest BCUT2D eigenvalue weighted by Crippen LogP contribution is 2.26. The number of H-pyrrole nitrogens is 1. The Hall–Kier alpha value is -2.39. The highest BCUT2D eigenvalue weighted by molar-refractivity contribution is 8.00. The van der Waals surface area contributed by atoms with Gasteiger partial charge >= 0.3 is 0 Å². The van der Waals surface area contributed by atoms with Gasteiger partial charge in [-0.25, -0.2) is 10.1 Å². The van der Waals surface area contributed by atoms with Crippen LogP contribution in [0.1, 0.15) is 6.92 Å². The summed E-state index contributed by atoms with van der Waals surface area (Å²) in [5.41, 5.74) is 7.32. The molecule has 0 spiro atoms. The number of nitrogens with two attached hydrogens (primary N) is 1. The highest BCUT2D eigenvalue weighted by Gasteiger charge is 2.18. The molecule has 0 saturated carbocycles. The lowest BCUT2D eigenvalue weighted by Crippen LogP contribution is -2.22. The second-order valence-electron chi connectivity index (χ2n) is 4.66. The summed E-state index contributed by atoms with van der Waals surface area (Å²) in [6.45, 7) is 1.78. The lowest BCUT2D eigenvalue weighted by molar-refractivity contribution is -0.115. The molecule has 7 nitrogen and oxygen atoms in total. The molecule has 3 aromatic rings. The van der Waals surface area contributed by atoms with Crippen molar-refractivity contribution in [1.29, 1.82) is 0 Å². The molecule has 0 fully saturated rings. The minimum Gasteiger partial charge on any atom is -0.368 e. The third-order valence-electron chi connectivity index (χ3n) is 2.94. The average Bonchev–Trinajstić information content (AvgIpc) is 3.17. The summed E-state index contributed by atoms with van der Waals surface area (Å²) in [4.78, 5) is 20.6. The fraction of sp³-hybridized carbons (Fsp3) is 0.143. The van der Waals surface area contributed by atoms with Crippen molar-refractivity contribution in [2.45, 2.75) is 17.3 Å². The summed E-state index contributed by atoms with van der Waals surface area (Å²) in [6.07, 6.45) is 0. The van der Waals surface area contributed by atoms with E-state index in [9.17, 15) is 4.79 Å². The lowest BCUT2D eigenvalue weighted by Gasteiger charge is -2.07. The Bertz CT molecular complexity index is 800. The molecule has 1 amide bonds. The van der Waals surface area contributed by atoms with E-state index in [1.54, 1.807) is 6.92 Å². The number of hydrogen-bond donors (Lipinski definition) is 3. The third-order valence-corrected chi connectivity index (χ3v) is 4.66. The van der Waals surface area contributed by atoms with Gasteiger partial charge in [-0.15, -0.1) is 16.4 Å². The summed E-state index contributed by atoms with van der Waals surface area (Å²) in [5.74, 6) is 0.0693. The standard InChI is InChI=1S/C14H14N6OS2/c1-8(23-14-18-12(15)19-20-14)11(21)17-13-16-10(7-22-13)9-5-3-2-4-6-9/h2-8H,1H3,(H,16,17,21)(H3,15,18,19,20)/t8-/m1/s1. The second kappa shape index (κ2) is 6.80. The van der Waals surface area contributed by atoms with E-state index < -0.39 is 0 Å². The van der Waals surface area contributed by atoms with Gasteiger partial charge in [-0.3, -0.25) is 4.79 Å². The Kier molecular flexibility index (Phi) is 4.58. The van der Waals surface area contributed by atoms with Crippen LogP contribution in [-0.4, -0.2) is 31.3 Å². The van der Waals surface area contributed by atoms with Gasteiger partial charge < -0.3 is 11.1 Å². The normalized spacial score (nSPS) is 12.0. The molecular formula is C14H14N6OS2. The van der Waals surface area contributed by atoms with Crippen molar-refractivity contribution >= 4 is 40.1 Å². The van der Waals surface area contributed by atoms with Gasteiger partial charge in [0.25, 0.3) is 0 Å².